The average Bonchev–Trinajstić information content (AvgIpc) is 2.88. The summed E-state index contributed by atoms with van der Waals surface area (Å²) in [5.41, 5.74) is 0.959. The van der Waals surface area contributed by atoms with E-state index in [0.29, 0.717) is 5.75 Å². The van der Waals surface area contributed by atoms with E-state index >= 15 is 0 Å². The van der Waals surface area contributed by atoms with Crippen molar-refractivity contribution in [3.05, 3.63) is 30.1 Å². The zero-order chi connectivity index (χ0) is 16.9. The minimum absolute atomic E-state index is 0.232. The Hall–Kier alpha value is -1.62. The third kappa shape index (κ3) is 4.07. The van der Waals surface area contributed by atoms with Crippen molar-refractivity contribution in [2.45, 2.75) is 50.5 Å². The number of amides is 1. The van der Waals surface area contributed by atoms with Gasteiger partial charge in [0.1, 0.15) is 10.9 Å². The smallest absolute Gasteiger partial charge is 0.232 e. The molecule has 128 valence electrons. The number of thioether (sulfide) groups is 1. The van der Waals surface area contributed by atoms with E-state index in [9.17, 15) is 4.79 Å². The first-order valence-corrected chi connectivity index (χ1v) is 9.81. The summed E-state index contributed by atoms with van der Waals surface area (Å²) >= 11 is 1.55. The Balaban J connectivity index is 1.77. The predicted octanol–water partition coefficient (Wildman–Crippen LogP) is 4.25. The van der Waals surface area contributed by atoms with Gasteiger partial charge in [0.2, 0.25) is 5.91 Å². The van der Waals surface area contributed by atoms with Gasteiger partial charge in [-0.1, -0.05) is 56.7 Å². The van der Waals surface area contributed by atoms with Crippen molar-refractivity contribution in [2.24, 2.45) is 0 Å². The summed E-state index contributed by atoms with van der Waals surface area (Å²) in [6.45, 7) is 6.00. The highest BCUT2D eigenvalue weighted by Crippen LogP contribution is 2.27. The fraction of sp³-hybridized carbons (Fsp3) is 0.526. The lowest BCUT2D eigenvalue weighted by Gasteiger charge is -2.20. The molecule has 1 aliphatic heterocycles. The van der Waals surface area contributed by atoms with Crippen molar-refractivity contribution >= 4 is 28.6 Å². The normalized spacial score (nSPS) is 15.7. The number of hydrogen-bond donors (Lipinski definition) is 0. The summed E-state index contributed by atoms with van der Waals surface area (Å²) in [6.07, 6.45) is 4.74. The first kappa shape index (κ1) is 17.2. The highest BCUT2D eigenvalue weighted by molar-refractivity contribution is 8.00. The van der Waals surface area contributed by atoms with Gasteiger partial charge in [0.05, 0.1) is 11.3 Å². The fourth-order valence-electron chi connectivity index (χ4n) is 2.97. The van der Waals surface area contributed by atoms with Crippen molar-refractivity contribution in [1.29, 1.82) is 0 Å². The number of aromatic nitrogens is 2. The minimum atomic E-state index is 0.232. The van der Waals surface area contributed by atoms with E-state index in [0.717, 1.165) is 47.7 Å². The molecule has 0 bridgehead atoms. The molecule has 0 radical (unpaired) electrons. The topological polar surface area (TPSA) is 46.1 Å². The van der Waals surface area contributed by atoms with Gasteiger partial charge >= 0.3 is 0 Å². The molecule has 4 nitrogen and oxygen atoms in total. The standard InChI is InChI=1S/C19H25N3OS/c1-14(2)18-20-16-10-6-5-9-15(16)19(21-18)24-13-17(23)22-11-7-3-4-8-12-22/h5-6,9-10,14H,3-4,7-8,11-13H2,1-2H3. The monoisotopic (exact) mass is 343 g/mol. The van der Waals surface area contributed by atoms with Crippen LogP contribution in [0.3, 0.4) is 0 Å². The van der Waals surface area contributed by atoms with Crippen molar-refractivity contribution in [3.8, 4) is 0 Å². The van der Waals surface area contributed by atoms with Crippen molar-refractivity contribution in [1.82, 2.24) is 14.9 Å². The highest BCUT2D eigenvalue weighted by atomic mass is 32.2. The largest absolute Gasteiger partial charge is 0.342 e. The van der Waals surface area contributed by atoms with Crippen LogP contribution in [0, 0.1) is 0 Å². The maximum Gasteiger partial charge on any atom is 0.232 e. The number of rotatable bonds is 4. The lowest BCUT2D eigenvalue weighted by atomic mass is 10.2. The van der Waals surface area contributed by atoms with Gasteiger partial charge in [-0.25, -0.2) is 9.97 Å². The Morgan fingerprint density at radius 3 is 2.54 bits per heavy atom. The SMILES string of the molecule is CC(C)c1nc(SCC(=O)N2CCCCCC2)c2ccccc2n1. The van der Waals surface area contributed by atoms with Crippen LogP contribution in [0.4, 0.5) is 0 Å². The number of carbonyl (C=O) groups is 1. The van der Waals surface area contributed by atoms with Crippen LogP contribution in [0.2, 0.25) is 0 Å². The van der Waals surface area contributed by atoms with E-state index in [1.165, 1.54) is 12.8 Å². The summed E-state index contributed by atoms with van der Waals surface area (Å²) in [6, 6.07) is 8.06. The lowest BCUT2D eigenvalue weighted by molar-refractivity contribution is -0.128. The van der Waals surface area contributed by atoms with Crippen molar-refractivity contribution in [2.75, 3.05) is 18.8 Å². The van der Waals surface area contributed by atoms with Gasteiger partial charge in [-0.3, -0.25) is 4.79 Å². The summed E-state index contributed by atoms with van der Waals surface area (Å²) in [4.78, 5) is 23.9. The minimum Gasteiger partial charge on any atom is -0.342 e. The van der Waals surface area contributed by atoms with E-state index in [1.807, 2.05) is 29.2 Å². The summed E-state index contributed by atoms with van der Waals surface area (Å²) in [5.74, 6) is 1.81. The van der Waals surface area contributed by atoms with Crippen LogP contribution in [-0.2, 0) is 4.79 Å². The number of para-hydroxylation sites is 1. The van der Waals surface area contributed by atoms with E-state index in [2.05, 4.69) is 18.8 Å². The molecular weight excluding hydrogens is 318 g/mol. The molecule has 0 unspecified atom stereocenters. The van der Waals surface area contributed by atoms with Gasteiger partial charge in [0.15, 0.2) is 0 Å². The van der Waals surface area contributed by atoms with Gasteiger partial charge < -0.3 is 4.90 Å². The third-order valence-electron chi connectivity index (χ3n) is 4.39. The predicted molar refractivity (Wildman–Crippen MR) is 99.4 cm³/mol. The molecule has 1 amide bonds. The van der Waals surface area contributed by atoms with Crippen LogP contribution in [0.15, 0.2) is 29.3 Å². The molecule has 0 N–H and O–H groups in total. The van der Waals surface area contributed by atoms with Gasteiger partial charge in [0.25, 0.3) is 0 Å². The Morgan fingerprint density at radius 2 is 1.83 bits per heavy atom. The van der Waals surface area contributed by atoms with Gasteiger partial charge in [0, 0.05) is 24.4 Å². The summed E-state index contributed by atoms with van der Waals surface area (Å²) in [7, 11) is 0. The molecule has 0 spiro atoms. The molecule has 2 aromatic rings. The van der Waals surface area contributed by atoms with E-state index in [1.54, 1.807) is 11.8 Å². The lowest BCUT2D eigenvalue weighted by Crippen LogP contribution is -2.33. The first-order chi connectivity index (χ1) is 11.6. The molecule has 3 rings (SSSR count). The quantitative estimate of drug-likeness (QED) is 0.615. The average molecular weight is 343 g/mol. The molecular formula is C19H25N3OS. The van der Waals surface area contributed by atoms with Gasteiger partial charge in [-0.2, -0.15) is 0 Å². The second-order valence-corrected chi connectivity index (χ2v) is 7.61. The maximum absolute atomic E-state index is 12.5. The number of nitrogens with zero attached hydrogens (tertiary/aromatic N) is 3. The molecule has 1 aromatic carbocycles. The number of carbonyl (C=O) groups excluding carboxylic acids is 1. The molecule has 0 aliphatic carbocycles. The van der Waals surface area contributed by atoms with E-state index in [-0.39, 0.29) is 11.8 Å². The Bertz CT molecular complexity index is 709. The zero-order valence-electron chi connectivity index (χ0n) is 14.5. The maximum atomic E-state index is 12.5. The molecule has 0 saturated carbocycles. The van der Waals surface area contributed by atoms with Crippen LogP contribution in [-0.4, -0.2) is 39.6 Å². The van der Waals surface area contributed by atoms with Gasteiger partial charge in [-0.05, 0) is 18.9 Å². The molecule has 0 atom stereocenters. The Kier molecular flexibility index (Phi) is 5.72. The molecule has 1 aromatic heterocycles. The number of benzene rings is 1. The second-order valence-electron chi connectivity index (χ2n) is 6.64. The second kappa shape index (κ2) is 7.97. The first-order valence-electron chi connectivity index (χ1n) is 8.82. The van der Waals surface area contributed by atoms with Crippen LogP contribution < -0.4 is 0 Å². The Labute approximate surface area is 148 Å². The number of likely N-dealkylation sites (tertiary alicyclic amines) is 1. The summed E-state index contributed by atoms with van der Waals surface area (Å²) < 4.78 is 0. The Morgan fingerprint density at radius 1 is 1.12 bits per heavy atom. The molecule has 1 saturated heterocycles. The van der Waals surface area contributed by atoms with Crippen LogP contribution in [0.1, 0.15) is 51.3 Å². The van der Waals surface area contributed by atoms with Crippen molar-refractivity contribution in [3.63, 3.8) is 0 Å². The molecule has 5 heteroatoms. The molecule has 1 fully saturated rings. The highest BCUT2D eigenvalue weighted by Gasteiger charge is 2.17. The summed E-state index contributed by atoms with van der Waals surface area (Å²) in [5, 5.41) is 1.96. The van der Waals surface area contributed by atoms with E-state index < -0.39 is 0 Å². The molecule has 2 heterocycles. The van der Waals surface area contributed by atoms with Crippen LogP contribution in [0.5, 0.6) is 0 Å². The third-order valence-corrected chi connectivity index (χ3v) is 5.37. The van der Waals surface area contributed by atoms with Gasteiger partial charge in [-0.15, -0.1) is 0 Å². The van der Waals surface area contributed by atoms with Crippen molar-refractivity contribution < 1.29 is 4.79 Å². The van der Waals surface area contributed by atoms with E-state index in [4.69, 9.17) is 4.98 Å². The molecule has 24 heavy (non-hydrogen) atoms. The molecule has 1 aliphatic rings. The fourth-order valence-corrected chi connectivity index (χ4v) is 3.90. The number of hydrogen-bond acceptors (Lipinski definition) is 4. The number of fused-ring (bicyclic) bond motifs is 1. The van der Waals surface area contributed by atoms with Crippen LogP contribution in [0.25, 0.3) is 10.9 Å². The zero-order valence-corrected chi connectivity index (χ0v) is 15.3. The van der Waals surface area contributed by atoms with Crippen LogP contribution >= 0.6 is 11.8 Å².